The Morgan fingerprint density at radius 3 is 3.12 bits per heavy atom. The van der Waals surface area contributed by atoms with E-state index in [0.29, 0.717) is 16.8 Å². The molecule has 1 aliphatic heterocycles. The lowest BCUT2D eigenvalue weighted by atomic mass is 10.2. The van der Waals surface area contributed by atoms with Crippen molar-refractivity contribution in [1.29, 1.82) is 0 Å². The van der Waals surface area contributed by atoms with Crippen LogP contribution < -0.4 is 0 Å². The molecule has 5 heteroatoms. The van der Waals surface area contributed by atoms with Gasteiger partial charge in [-0.25, -0.2) is 4.98 Å². The predicted octanol–water partition coefficient (Wildman–Crippen LogP) is 1.44. The summed E-state index contributed by atoms with van der Waals surface area (Å²) in [6, 6.07) is 5.21. The molecule has 2 rings (SSSR count). The number of hydrogen-bond acceptors (Lipinski definition) is 3. The smallest absolute Gasteiger partial charge is 0.272 e. The fourth-order valence-corrected chi connectivity index (χ4v) is 2.31. The van der Waals surface area contributed by atoms with E-state index in [4.69, 9.17) is 5.11 Å². The molecule has 1 atom stereocenters. The topological polar surface area (TPSA) is 53.4 Å². The molecule has 4 nitrogen and oxygen atoms in total. The molecule has 1 unspecified atom stereocenters. The van der Waals surface area contributed by atoms with Gasteiger partial charge in [-0.1, -0.05) is 6.07 Å². The summed E-state index contributed by atoms with van der Waals surface area (Å²) in [5.41, 5.74) is 0.426. The van der Waals surface area contributed by atoms with Gasteiger partial charge in [0.2, 0.25) is 0 Å². The van der Waals surface area contributed by atoms with Crippen molar-refractivity contribution in [3.63, 3.8) is 0 Å². The largest absolute Gasteiger partial charge is 0.394 e. The molecule has 1 N–H and O–H groups in total. The number of nitrogens with zero attached hydrogens (tertiary/aromatic N) is 2. The monoisotopic (exact) mass is 284 g/mol. The Morgan fingerprint density at radius 1 is 1.62 bits per heavy atom. The van der Waals surface area contributed by atoms with Gasteiger partial charge in [0.05, 0.1) is 12.6 Å². The Labute approximate surface area is 102 Å². The number of carbonyl (C=O) groups excluding carboxylic acids is 1. The average Bonchev–Trinajstić information content (AvgIpc) is 2.76. The summed E-state index contributed by atoms with van der Waals surface area (Å²) in [5, 5.41) is 9.16. The minimum atomic E-state index is -0.0992. The van der Waals surface area contributed by atoms with E-state index in [0.717, 1.165) is 12.8 Å². The molecular weight excluding hydrogens is 272 g/mol. The first-order valence-electron chi connectivity index (χ1n) is 5.27. The lowest BCUT2D eigenvalue weighted by Crippen LogP contribution is -2.38. The summed E-state index contributed by atoms with van der Waals surface area (Å²) in [7, 11) is 0. The van der Waals surface area contributed by atoms with Gasteiger partial charge < -0.3 is 10.0 Å². The molecule has 1 saturated heterocycles. The summed E-state index contributed by atoms with van der Waals surface area (Å²) in [6.07, 6.45) is 1.82. The van der Waals surface area contributed by atoms with Gasteiger partial charge in [-0.15, -0.1) is 0 Å². The Bertz CT molecular complexity index is 397. The standard InChI is InChI=1S/C11H13BrN2O2/c12-10-5-1-4-9(13-10)11(16)14-6-2-3-8(14)7-15/h1,4-5,8,15H,2-3,6-7H2. The van der Waals surface area contributed by atoms with Crippen LogP contribution >= 0.6 is 15.9 Å². The van der Waals surface area contributed by atoms with Crippen LogP contribution in [0, 0.1) is 0 Å². The van der Waals surface area contributed by atoms with Gasteiger partial charge in [-0.3, -0.25) is 4.79 Å². The normalized spacial score (nSPS) is 20.1. The maximum atomic E-state index is 12.1. The number of pyridine rings is 1. The molecule has 0 aliphatic carbocycles. The fraction of sp³-hybridized carbons (Fsp3) is 0.455. The minimum Gasteiger partial charge on any atom is -0.394 e. The van der Waals surface area contributed by atoms with Gasteiger partial charge in [-0.2, -0.15) is 0 Å². The molecule has 1 fully saturated rings. The van der Waals surface area contributed by atoms with E-state index in [1.165, 1.54) is 0 Å². The molecule has 0 saturated carbocycles. The molecule has 1 aromatic rings. The van der Waals surface area contributed by atoms with E-state index >= 15 is 0 Å². The highest BCUT2D eigenvalue weighted by atomic mass is 79.9. The number of hydrogen-bond donors (Lipinski definition) is 1. The van der Waals surface area contributed by atoms with Gasteiger partial charge in [-0.05, 0) is 40.9 Å². The van der Waals surface area contributed by atoms with Gasteiger partial charge >= 0.3 is 0 Å². The van der Waals surface area contributed by atoms with Crippen LogP contribution in [0.4, 0.5) is 0 Å². The van der Waals surface area contributed by atoms with Gasteiger partial charge in [0, 0.05) is 6.54 Å². The Kier molecular flexibility index (Phi) is 3.56. The number of halogens is 1. The zero-order chi connectivity index (χ0) is 11.5. The summed E-state index contributed by atoms with van der Waals surface area (Å²) < 4.78 is 0.651. The maximum absolute atomic E-state index is 12.1. The van der Waals surface area contributed by atoms with Crippen molar-refractivity contribution < 1.29 is 9.90 Å². The number of carbonyl (C=O) groups is 1. The highest BCUT2D eigenvalue weighted by Crippen LogP contribution is 2.19. The van der Waals surface area contributed by atoms with Crippen molar-refractivity contribution >= 4 is 21.8 Å². The van der Waals surface area contributed by atoms with Gasteiger partial charge in [0.1, 0.15) is 10.3 Å². The quantitative estimate of drug-likeness (QED) is 0.837. The second-order valence-electron chi connectivity index (χ2n) is 3.82. The number of likely N-dealkylation sites (tertiary alicyclic amines) is 1. The molecule has 0 radical (unpaired) electrons. The lowest BCUT2D eigenvalue weighted by Gasteiger charge is -2.22. The molecule has 2 heterocycles. The van der Waals surface area contributed by atoms with Crippen LogP contribution in [0.5, 0.6) is 0 Å². The molecule has 0 bridgehead atoms. The van der Waals surface area contributed by atoms with Crippen LogP contribution in [0.3, 0.4) is 0 Å². The predicted molar refractivity (Wildman–Crippen MR) is 63.1 cm³/mol. The Morgan fingerprint density at radius 2 is 2.44 bits per heavy atom. The number of aliphatic hydroxyl groups is 1. The lowest BCUT2D eigenvalue weighted by molar-refractivity contribution is 0.0671. The third-order valence-corrected chi connectivity index (χ3v) is 3.22. The van der Waals surface area contributed by atoms with Crippen molar-refractivity contribution in [2.75, 3.05) is 13.2 Å². The molecule has 1 aliphatic rings. The number of aromatic nitrogens is 1. The van der Waals surface area contributed by atoms with Gasteiger partial charge in [0.25, 0.3) is 5.91 Å². The number of amides is 1. The van der Waals surface area contributed by atoms with Crippen molar-refractivity contribution in [1.82, 2.24) is 9.88 Å². The van der Waals surface area contributed by atoms with Crippen LogP contribution in [0.1, 0.15) is 23.3 Å². The zero-order valence-corrected chi connectivity index (χ0v) is 10.4. The molecule has 0 aromatic carbocycles. The summed E-state index contributed by atoms with van der Waals surface area (Å²) >= 11 is 3.24. The van der Waals surface area contributed by atoms with E-state index in [-0.39, 0.29) is 18.6 Å². The zero-order valence-electron chi connectivity index (χ0n) is 8.77. The van der Waals surface area contributed by atoms with E-state index in [1.54, 1.807) is 23.1 Å². The van der Waals surface area contributed by atoms with Crippen LogP contribution in [0.2, 0.25) is 0 Å². The molecule has 1 aromatic heterocycles. The Balaban J connectivity index is 2.18. The summed E-state index contributed by atoms with van der Waals surface area (Å²) in [5.74, 6) is -0.0992. The maximum Gasteiger partial charge on any atom is 0.272 e. The second kappa shape index (κ2) is 4.93. The molecular formula is C11H13BrN2O2. The minimum absolute atomic E-state index is 0.0275. The first-order chi connectivity index (χ1) is 7.72. The molecule has 16 heavy (non-hydrogen) atoms. The van der Waals surface area contributed by atoms with Crippen LogP contribution in [0.25, 0.3) is 0 Å². The first-order valence-corrected chi connectivity index (χ1v) is 6.06. The summed E-state index contributed by atoms with van der Waals surface area (Å²) in [6.45, 7) is 0.734. The molecule has 0 spiro atoms. The van der Waals surface area contributed by atoms with Crippen LogP contribution in [0.15, 0.2) is 22.8 Å². The number of rotatable bonds is 2. The van der Waals surface area contributed by atoms with Crippen molar-refractivity contribution in [3.05, 3.63) is 28.5 Å². The SMILES string of the molecule is O=C(c1cccc(Br)n1)N1CCCC1CO. The van der Waals surface area contributed by atoms with Crippen molar-refractivity contribution in [3.8, 4) is 0 Å². The highest BCUT2D eigenvalue weighted by molar-refractivity contribution is 9.10. The van der Waals surface area contributed by atoms with Gasteiger partial charge in [0.15, 0.2) is 0 Å². The van der Waals surface area contributed by atoms with Crippen LogP contribution in [-0.2, 0) is 0 Å². The first kappa shape index (κ1) is 11.5. The molecule has 1 amide bonds. The van der Waals surface area contributed by atoms with E-state index in [9.17, 15) is 4.79 Å². The Hall–Kier alpha value is -0.940. The van der Waals surface area contributed by atoms with E-state index in [2.05, 4.69) is 20.9 Å². The van der Waals surface area contributed by atoms with Crippen LogP contribution in [-0.4, -0.2) is 40.1 Å². The third kappa shape index (κ3) is 2.25. The van der Waals surface area contributed by atoms with Crippen molar-refractivity contribution in [2.45, 2.75) is 18.9 Å². The third-order valence-electron chi connectivity index (χ3n) is 2.78. The number of aliphatic hydroxyl groups excluding tert-OH is 1. The summed E-state index contributed by atoms with van der Waals surface area (Å²) in [4.78, 5) is 17.9. The van der Waals surface area contributed by atoms with Crippen molar-refractivity contribution in [2.24, 2.45) is 0 Å². The van der Waals surface area contributed by atoms with E-state index < -0.39 is 0 Å². The second-order valence-corrected chi connectivity index (χ2v) is 4.64. The molecule has 86 valence electrons. The highest BCUT2D eigenvalue weighted by Gasteiger charge is 2.29. The average molecular weight is 285 g/mol. The van der Waals surface area contributed by atoms with E-state index in [1.807, 2.05) is 0 Å². The fourth-order valence-electron chi connectivity index (χ4n) is 1.97.